The normalized spacial score (nSPS) is 11.1. The molecule has 1 heterocycles. The zero-order valence-corrected chi connectivity index (χ0v) is 7.01. The van der Waals surface area contributed by atoms with Crippen LogP contribution in [0.1, 0.15) is 32.2 Å². The van der Waals surface area contributed by atoms with Gasteiger partial charge in [0, 0.05) is 11.5 Å². The Labute approximate surface area is 66.6 Å². The maximum absolute atomic E-state index is 5.12. The Kier molecular flexibility index (Phi) is 1.74. The maximum Gasteiger partial charge on any atom is 0.209 e. The number of hydrogen-bond acceptors (Lipinski definition) is 2. The third-order valence-electron chi connectivity index (χ3n) is 1.42. The Morgan fingerprint density at radius 1 is 1.55 bits per heavy atom. The zero-order valence-electron chi connectivity index (χ0n) is 7.01. The van der Waals surface area contributed by atoms with Crippen molar-refractivity contribution >= 4 is 0 Å². The zero-order chi connectivity index (χ0) is 8.48. The first-order chi connectivity index (χ1) is 5.04. The van der Waals surface area contributed by atoms with E-state index in [9.17, 15) is 0 Å². The van der Waals surface area contributed by atoms with Crippen molar-refractivity contribution in [2.75, 3.05) is 0 Å². The molecule has 0 aliphatic heterocycles. The van der Waals surface area contributed by atoms with E-state index in [1.807, 2.05) is 0 Å². The first-order valence-electron chi connectivity index (χ1n) is 3.48. The number of nitrogens with zero attached hydrogens (tertiary/aromatic N) is 1. The van der Waals surface area contributed by atoms with Crippen LogP contribution in [-0.2, 0) is 5.41 Å². The molecule has 0 N–H and O–H groups in total. The quantitative estimate of drug-likeness (QED) is 0.527. The van der Waals surface area contributed by atoms with Gasteiger partial charge >= 0.3 is 0 Å². The lowest BCUT2D eigenvalue weighted by atomic mass is 9.92. The first-order valence-corrected chi connectivity index (χ1v) is 3.48. The van der Waals surface area contributed by atoms with E-state index in [1.165, 1.54) is 0 Å². The average Bonchev–Trinajstić information content (AvgIpc) is 2.32. The summed E-state index contributed by atoms with van der Waals surface area (Å²) in [5.41, 5.74) is 0.906. The van der Waals surface area contributed by atoms with Gasteiger partial charge in [-0.15, -0.1) is 6.42 Å². The summed E-state index contributed by atoms with van der Waals surface area (Å²) >= 11 is 0. The summed E-state index contributed by atoms with van der Waals surface area (Å²) in [6.07, 6.45) is 5.12. The first kappa shape index (κ1) is 7.87. The van der Waals surface area contributed by atoms with Gasteiger partial charge in [-0.05, 0) is 5.92 Å². The number of hydrogen-bond donors (Lipinski definition) is 0. The lowest BCUT2D eigenvalue weighted by Gasteiger charge is -2.12. The smallest absolute Gasteiger partial charge is 0.209 e. The second-order valence-electron chi connectivity index (χ2n) is 3.47. The van der Waals surface area contributed by atoms with Crippen LogP contribution in [0.4, 0.5) is 0 Å². The largest absolute Gasteiger partial charge is 0.347 e. The summed E-state index contributed by atoms with van der Waals surface area (Å²) in [7, 11) is 0. The average molecular weight is 149 g/mol. The van der Waals surface area contributed by atoms with Crippen LogP contribution in [0.15, 0.2) is 10.6 Å². The van der Waals surface area contributed by atoms with Gasteiger partial charge in [0.05, 0.1) is 5.69 Å². The molecule has 0 saturated heterocycles. The van der Waals surface area contributed by atoms with E-state index in [-0.39, 0.29) is 5.41 Å². The minimum Gasteiger partial charge on any atom is -0.347 e. The lowest BCUT2D eigenvalue weighted by molar-refractivity contribution is 0.386. The SMILES string of the molecule is C#Cc1cc(C(C)(C)C)no1. The molecule has 0 unspecified atom stereocenters. The Morgan fingerprint density at radius 3 is 2.45 bits per heavy atom. The topological polar surface area (TPSA) is 26.0 Å². The third kappa shape index (κ3) is 1.62. The molecule has 0 aromatic carbocycles. The lowest BCUT2D eigenvalue weighted by Crippen LogP contribution is -2.10. The van der Waals surface area contributed by atoms with Crippen molar-refractivity contribution in [1.82, 2.24) is 5.16 Å². The van der Waals surface area contributed by atoms with Crippen LogP contribution in [-0.4, -0.2) is 5.16 Å². The fraction of sp³-hybridized carbons (Fsp3) is 0.444. The van der Waals surface area contributed by atoms with E-state index in [0.717, 1.165) is 5.69 Å². The highest BCUT2D eigenvalue weighted by molar-refractivity contribution is 5.25. The van der Waals surface area contributed by atoms with Crippen LogP contribution in [0.25, 0.3) is 0 Å². The van der Waals surface area contributed by atoms with Crippen LogP contribution in [0.3, 0.4) is 0 Å². The molecule has 0 bridgehead atoms. The van der Waals surface area contributed by atoms with Crippen molar-refractivity contribution in [2.45, 2.75) is 26.2 Å². The highest BCUT2D eigenvalue weighted by Crippen LogP contribution is 2.20. The Hall–Kier alpha value is -1.23. The van der Waals surface area contributed by atoms with E-state index in [0.29, 0.717) is 5.76 Å². The van der Waals surface area contributed by atoms with Crippen LogP contribution in [0.2, 0.25) is 0 Å². The fourth-order valence-electron chi connectivity index (χ4n) is 0.697. The summed E-state index contributed by atoms with van der Waals surface area (Å²) < 4.78 is 4.85. The molecule has 1 aromatic heterocycles. The summed E-state index contributed by atoms with van der Waals surface area (Å²) in [5.74, 6) is 2.89. The Morgan fingerprint density at radius 2 is 2.18 bits per heavy atom. The van der Waals surface area contributed by atoms with Crippen LogP contribution in [0.5, 0.6) is 0 Å². The van der Waals surface area contributed by atoms with Crippen LogP contribution >= 0.6 is 0 Å². The van der Waals surface area contributed by atoms with E-state index in [2.05, 4.69) is 31.8 Å². The van der Waals surface area contributed by atoms with E-state index in [1.54, 1.807) is 6.07 Å². The van der Waals surface area contributed by atoms with Gasteiger partial charge in [0.25, 0.3) is 0 Å². The highest BCUT2D eigenvalue weighted by atomic mass is 16.5. The van der Waals surface area contributed by atoms with Crippen LogP contribution < -0.4 is 0 Å². The highest BCUT2D eigenvalue weighted by Gasteiger charge is 2.17. The second kappa shape index (κ2) is 2.43. The Balaban J connectivity index is 3.01. The minimum absolute atomic E-state index is 0.0125. The fourth-order valence-corrected chi connectivity index (χ4v) is 0.697. The van der Waals surface area contributed by atoms with Gasteiger partial charge in [-0.25, -0.2) is 0 Å². The maximum atomic E-state index is 5.12. The number of terminal acetylenes is 1. The molecule has 0 atom stereocenters. The van der Waals surface area contributed by atoms with Crippen molar-refractivity contribution in [1.29, 1.82) is 0 Å². The van der Waals surface area contributed by atoms with Gasteiger partial charge < -0.3 is 4.52 Å². The molecule has 2 nitrogen and oxygen atoms in total. The van der Waals surface area contributed by atoms with E-state index < -0.39 is 0 Å². The van der Waals surface area contributed by atoms with Crippen LogP contribution in [0, 0.1) is 12.3 Å². The standard InChI is InChI=1S/C9H11NO/c1-5-7-6-8(10-11-7)9(2,3)4/h1,6H,2-4H3. The van der Waals surface area contributed by atoms with Gasteiger partial charge in [0.1, 0.15) is 0 Å². The van der Waals surface area contributed by atoms with Gasteiger partial charge in [0.15, 0.2) is 0 Å². The summed E-state index contributed by atoms with van der Waals surface area (Å²) in [6, 6.07) is 1.79. The molecule has 0 aliphatic rings. The molecule has 11 heavy (non-hydrogen) atoms. The predicted molar refractivity (Wildman–Crippen MR) is 43.1 cm³/mol. The number of aromatic nitrogens is 1. The molecular formula is C9H11NO. The second-order valence-corrected chi connectivity index (χ2v) is 3.47. The van der Waals surface area contributed by atoms with E-state index >= 15 is 0 Å². The molecule has 0 aliphatic carbocycles. The molecular weight excluding hydrogens is 138 g/mol. The van der Waals surface area contributed by atoms with Gasteiger partial charge in [-0.2, -0.15) is 0 Å². The number of rotatable bonds is 0. The van der Waals surface area contributed by atoms with E-state index in [4.69, 9.17) is 10.9 Å². The van der Waals surface area contributed by atoms with Gasteiger partial charge in [-0.1, -0.05) is 25.9 Å². The molecule has 2 heteroatoms. The Bertz CT molecular complexity index is 285. The minimum atomic E-state index is 0.0125. The molecule has 1 rings (SSSR count). The third-order valence-corrected chi connectivity index (χ3v) is 1.42. The molecule has 0 radical (unpaired) electrons. The molecule has 58 valence electrons. The van der Waals surface area contributed by atoms with Crippen molar-refractivity contribution < 1.29 is 4.52 Å². The van der Waals surface area contributed by atoms with Gasteiger partial charge in [-0.3, -0.25) is 0 Å². The molecule has 0 saturated carbocycles. The van der Waals surface area contributed by atoms with Crippen molar-refractivity contribution in [3.05, 3.63) is 17.5 Å². The monoisotopic (exact) mass is 149 g/mol. The summed E-state index contributed by atoms with van der Waals surface area (Å²) in [5, 5.41) is 3.84. The molecule has 0 amide bonds. The van der Waals surface area contributed by atoms with Crippen molar-refractivity contribution in [3.63, 3.8) is 0 Å². The molecule has 0 spiro atoms. The summed E-state index contributed by atoms with van der Waals surface area (Å²) in [6.45, 7) is 6.18. The molecule has 1 aromatic rings. The predicted octanol–water partition coefficient (Wildman–Crippen LogP) is 1.95. The van der Waals surface area contributed by atoms with Crippen molar-refractivity contribution in [3.8, 4) is 12.3 Å². The molecule has 0 fully saturated rings. The van der Waals surface area contributed by atoms with Crippen molar-refractivity contribution in [2.24, 2.45) is 0 Å². The summed E-state index contributed by atoms with van der Waals surface area (Å²) in [4.78, 5) is 0. The van der Waals surface area contributed by atoms with Gasteiger partial charge in [0.2, 0.25) is 5.76 Å².